The summed E-state index contributed by atoms with van der Waals surface area (Å²) >= 11 is 0. The van der Waals surface area contributed by atoms with Crippen LogP contribution in [0.4, 0.5) is 0 Å². The lowest BCUT2D eigenvalue weighted by atomic mass is 10.0. The molecular formula is C26H32N4O2. The highest BCUT2D eigenvalue weighted by atomic mass is 16.2. The maximum absolute atomic E-state index is 13.0. The van der Waals surface area contributed by atoms with Crippen LogP contribution in [0.5, 0.6) is 0 Å². The summed E-state index contributed by atoms with van der Waals surface area (Å²) in [5, 5.41) is 8.04. The Balaban J connectivity index is 1.68. The van der Waals surface area contributed by atoms with Crippen molar-refractivity contribution < 1.29 is 9.59 Å². The van der Waals surface area contributed by atoms with Crippen molar-refractivity contribution in [2.75, 3.05) is 13.1 Å². The molecule has 0 spiro atoms. The molecule has 6 heteroatoms. The molecule has 0 aromatic heterocycles. The zero-order valence-electron chi connectivity index (χ0n) is 18.3. The zero-order chi connectivity index (χ0) is 22.8. The molecule has 2 amide bonds. The van der Waals surface area contributed by atoms with Gasteiger partial charge in [-0.2, -0.15) is 0 Å². The van der Waals surface area contributed by atoms with Gasteiger partial charge in [-0.3, -0.25) is 9.59 Å². The van der Waals surface area contributed by atoms with Crippen LogP contribution < -0.4 is 22.1 Å². The van der Waals surface area contributed by atoms with Crippen LogP contribution in [0.25, 0.3) is 10.8 Å². The first kappa shape index (κ1) is 23.4. The number of nitrogens with one attached hydrogen (secondary N) is 2. The normalized spacial score (nSPS) is 12.8. The van der Waals surface area contributed by atoms with Crippen LogP contribution in [0, 0.1) is 0 Å². The molecule has 3 aromatic rings. The molecule has 0 fully saturated rings. The minimum absolute atomic E-state index is 0.214. The Bertz CT molecular complexity index is 1020. The highest BCUT2D eigenvalue weighted by molar-refractivity contribution is 5.90. The van der Waals surface area contributed by atoms with Gasteiger partial charge in [0.05, 0.1) is 6.04 Å². The van der Waals surface area contributed by atoms with Crippen molar-refractivity contribution >= 4 is 22.6 Å². The van der Waals surface area contributed by atoms with Gasteiger partial charge < -0.3 is 22.1 Å². The van der Waals surface area contributed by atoms with Gasteiger partial charge in [-0.05, 0) is 47.7 Å². The molecule has 168 valence electrons. The van der Waals surface area contributed by atoms with Crippen molar-refractivity contribution in [2.45, 2.75) is 37.8 Å². The van der Waals surface area contributed by atoms with Gasteiger partial charge in [-0.15, -0.1) is 0 Å². The summed E-state index contributed by atoms with van der Waals surface area (Å²) in [6, 6.07) is 22.7. The van der Waals surface area contributed by atoms with Crippen molar-refractivity contribution in [2.24, 2.45) is 11.5 Å². The number of benzene rings is 3. The molecule has 0 heterocycles. The van der Waals surface area contributed by atoms with Gasteiger partial charge in [0.15, 0.2) is 0 Å². The van der Waals surface area contributed by atoms with Crippen molar-refractivity contribution in [3.05, 3.63) is 83.9 Å². The van der Waals surface area contributed by atoms with E-state index in [0.717, 1.165) is 28.3 Å². The van der Waals surface area contributed by atoms with Crippen molar-refractivity contribution in [1.82, 2.24) is 10.6 Å². The number of fused-ring (bicyclic) bond motifs is 1. The quantitative estimate of drug-likeness (QED) is 0.373. The molecule has 0 unspecified atom stereocenters. The summed E-state index contributed by atoms with van der Waals surface area (Å²) in [6.07, 6.45) is 2.25. The number of rotatable bonds is 11. The number of carbonyl (C=O) groups is 2. The average Bonchev–Trinajstić information content (AvgIpc) is 2.82. The van der Waals surface area contributed by atoms with E-state index in [1.807, 2.05) is 66.7 Å². The van der Waals surface area contributed by atoms with E-state index in [-0.39, 0.29) is 11.8 Å². The summed E-state index contributed by atoms with van der Waals surface area (Å²) in [7, 11) is 0. The maximum atomic E-state index is 13.0. The second kappa shape index (κ2) is 12.0. The van der Waals surface area contributed by atoms with Crippen LogP contribution in [-0.4, -0.2) is 37.0 Å². The lowest BCUT2D eigenvalue weighted by Gasteiger charge is -2.21. The predicted octanol–water partition coefficient (Wildman–Crippen LogP) is 2.29. The first-order valence-corrected chi connectivity index (χ1v) is 11.1. The number of hydrogen-bond acceptors (Lipinski definition) is 4. The van der Waals surface area contributed by atoms with Gasteiger partial charge >= 0.3 is 0 Å². The summed E-state index contributed by atoms with van der Waals surface area (Å²) < 4.78 is 0. The number of amides is 2. The Labute approximate surface area is 189 Å². The smallest absolute Gasteiger partial charge is 0.242 e. The Morgan fingerprint density at radius 3 is 2.31 bits per heavy atom. The molecule has 6 N–H and O–H groups in total. The molecule has 0 saturated carbocycles. The first-order chi connectivity index (χ1) is 15.6. The molecule has 0 aliphatic rings. The maximum Gasteiger partial charge on any atom is 0.242 e. The number of carbonyl (C=O) groups excluding carboxylic acids is 2. The van der Waals surface area contributed by atoms with Crippen LogP contribution in [0.2, 0.25) is 0 Å². The van der Waals surface area contributed by atoms with E-state index in [4.69, 9.17) is 11.5 Å². The molecule has 0 aliphatic carbocycles. The fraction of sp³-hybridized carbons (Fsp3) is 0.308. The highest BCUT2D eigenvalue weighted by Crippen LogP contribution is 2.17. The van der Waals surface area contributed by atoms with E-state index in [2.05, 4.69) is 16.7 Å². The largest absolute Gasteiger partial charge is 0.354 e. The summed E-state index contributed by atoms with van der Waals surface area (Å²) in [4.78, 5) is 25.6. The lowest BCUT2D eigenvalue weighted by Crippen LogP contribution is -2.52. The third-order valence-electron chi connectivity index (χ3n) is 5.50. The second-order valence-corrected chi connectivity index (χ2v) is 8.01. The standard InChI is InChI=1S/C26H32N4O2/c27-15-6-11-23(28)25(31)30-24(26(32)29-16-14-19-7-2-1-3-8-19)18-20-12-13-21-9-4-5-10-22(21)17-20/h1-5,7-10,12-13,17,23-24H,6,11,14-16,18,27-28H2,(H,29,32)(H,30,31)/t23-,24+/m1/s1. The lowest BCUT2D eigenvalue weighted by molar-refractivity contribution is -0.129. The van der Waals surface area contributed by atoms with E-state index in [1.54, 1.807) is 0 Å². The molecule has 6 nitrogen and oxygen atoms in total. The average molecular weight is 433 g/mol. The topological polar surface area (TPSA) is 110 Å². The van der Waals surface area contributed by atoms with Crippen molar-refractivity contribution in [3.8, 4) is 0 Å². The minimum atomic E-state index is -0.705. The molecular weight excluding hydrogens is 400 g/mol. The molecule has 3 aromatic carbocycles. The van der Waals surface area contributed by atoms with E-state index in [9.17, 15) is 9.59 Å². The van der Waals surface area contributed by atoms with E-state index < -0.39 is 12.1 Å². The summed E-state index contributed by atoms with van der Waals surface area (Å²) in [5.41, 5.74) is 13.6. The zero-order valence-corrected chi connectivity index (χ0v) is 18.3. The van der Waals surface area contributed by atoms with Crippen LogP contribution >= 0.6 is 0 Å². The van der Waals surface area contributed by atoms with Crippen LogP contribution in [-0.2, 0) is 22.4 Å². The van der Waals surface area contributed by atoms with Gasteiger partial charge in [-0.25, -0.2) is 0 Å². The van der Waals surface area contributed by atoms with E-state index in [0.29, 0.717) is 32.4 Å². The van der Waals surface area contributed by atoms with Gasteiger partial charge in [0, 0.05) is 13.0 Å². The Kier molecular flexibility index (Phi) is 8.78. The van der Waals surface area contributed by atoms with Gasteiger partial charge in [0.2, 0.25) is 11.8 Å². The molecule has 3 rings (SSSR count). The van der Waals surface area contributed by atoms with Gasteiger partial charge in [-0.1, -0.05) is 72.8 Å². The molecule has 0 aliphatic heterocycles. The number of hydrogen-bond donors (Lipinski definition) is 4. The summed E-state index contributed by atoms with van der Waals surface area (Å²) in [6.45, 7) is 0.966. The molecule has 0 bridgehead atoms. The molecule has 32 heavy (non-hydrogen) atoms. The second-order valence-electron chi connectivity index (χ2n) is 8.01. The minimum Gasteiger partial charge on any atom is -0.354 e. The first-order valence-electron chi connectivity index (χ1n) is 11.1. The number of nitrogens with two attached hydrogens (primary N) is 2. The van der Waals surface area contributed by atoms with Crippen molar-refractivity contribution in [3.63, 3.8) is 0 Å². The monoisotopic (exact) mass is 432 g/mol. The fourth-order valence-corrected chi connectivity index (χ4v) is 3.66. The Hall–Kier alpha value is -3.22. The Morgan fingerprint density at radius 1 is 0.844 bits per heavy atom. The highest BCUT2D eigenvalue weighted by Gasteiger charge is 2.24. The molecule has 2 atom stereocenters. The van der Waals surface area contributed by atoms with Gasteiger partial charge in [0.25, 0.3) is 0 Å². The third kappa shape index (κ3) is 6.90. The van der Waals surface area contributed by atoms with Crippen LogP contribution in [0.15, 0.2) is 72.8 Å². The Morgan fingerprint density at radius 2 is 1.56 bits per heavy atom. The van der Waals surface area contributed by atoms with Crippen molar-refractivity contribution in [1.29, 1.82) is 0 Å². The molecule has 0 radical (unpaired) electrons. The predicted molar refractivity (Wildman–Crippen MR) is 129 cm³/mol. The molecule has 0 saturated heterocycles. The SMILES string of the molecule is NCCC[C@@H](N)C(=O)N[C@@H](Cc1ccc2ccccc2c1)C(=O)NCCc1ccccc1. The third-order valence-corrected chi connectivity index (χ3v) is 5.50. The van der Waals surface area contributed by atoms with Crippen LogP contribution in [0.1, 0.15) is 24.0 Å². The fourth-order valence-electron chi connectivity index (χ4n) is 3.66. The van der Waals surface area contributed by atoms with E-state index in [1.165, 1.54) is 0 Å². The summed E-state index contributed by atoms with van der Waals surface area (Å²) in [5.74, 6) is -0.545. The van der Waals surface area contributed by atoms with Gasteiger partial charge in [0.1, 0.15) is 6.04 Å². The van der Waals surface area contributed by atoms with Crippen LogP contribution in [0.3, 0.4) is 0 Å². The van der Waals surface area contributed by atoms with E-state index >= 15 is 0 Å².